The number of hydrogen-bond acceptors (Lipinski definition) is 6. The first-order chi connectivity index (χ1) is 17.0. The Balaban J connectivity index is 1.49. The maximum Gasteiger partial charge on any atom is 0.239 e. The predicted molar refractivity (Wildman–Crippen MR) is 144 cm³/mol. The second kappa shape index (κ2) is 9.90. The lowest BCUT2D eigenvalue weighted by Gasteiger charge is -2.22. The van der Waals surface area contributed by atoms with Gasteiger partial charge < -0.3 is 0 Å². The molecule has 0 unspecified atom stereocenters. The van der Waals surface area contributed by atoms with E-state index in [0.29, 0.717) is 5.13 Å². The molecular formula is C28H24N4OS2. The van der Waals surface area contributed by atoms with Crippen LogP contribution in [-0.4, -0.2) is 20.9 Å². The van der Waals surface area contributed by atoms with Crippen LogP contribution in [0.1, 0.15) is 22.4 Å². The van der Waals surface area contributed by atoms with Gasteiger partial charge in [0.1, 0.15) is 5.01 Å². The molecule has 0 spiro atoms. The van der Waals surface area contributed by atoms with E-state index < -0.39 is 0 Å². The Morgan fingerprint density at radius 3 is 2.46 bits per heavy atom. The van der Waals surface area contributed by atoms with E-state index in [9.17, 15) is 4.79 Å². The van der Waals surface area contributed by atoms with Gasteiger partial charge in [0.05, 0.1) is 23.5 Å². The molecule has 0 radical (unpaired) electrons. The highest BCUT2D eigenvalue weighted by Gasteiger charge is 2.24. The molecule has 0 aliphatic rings. The summed E-state index contributed by atoms with van der Waals surface area (Å²) in [5.74, 6) is -0.0634. The number of hydrogen-bond donors (Lipinski definition) is 0. The number of amides is 1. The molecule has 0 aliphatic carbocycles. The van der Waals surface area contributed by atoms with Gasteiger partial charge in [0.15, 0.2) is 5.13 Å². The van der Waals surface area contributed by atoms with Crippen molar-refractivity contribution in [3.63, 3.8) is 0 Å². The predicted octanol–water partition coefficient (Wildman–Crippen LogP) is 7.16. The maximum absolute atomic E-state index is 13.8. The van der Waals surface area contributed by atoms with Crippen LogP contribution in [0.2, 0.25) is 0 Å². The lowest BCUT2D eigenvalue weighted by atomic mass is 10.1. The number of anilines is 2. The van der Waals surface area contributed by atoms with Gasteiger partial charge in [0.2, 0.25) is 5.91 Å². The average molecular weight is 497 g/mol. The molecular weight excluding hydrogens is 472 g/mol. The number of benzene rings is 2. The molecule has 0 bridgehead atoms. The fourth-order valence-corrected chi connectivity index (χ4v) is 5.45. The number of thiazole rings is 2. The Morgan fingerprint density at radius 2 is 1.69 bits per heavy atom. The summed E-state index contributed by atoms with van der Waals surface area (Å²) >= 11 is 3.00. The third-order valence-electron chi connectivity index (χ3n) is 5.68. The largest absolute Gasteiger partial charge is 0.274 e. The van der Waals surface area contributed by atoms with Crippen molar-refractivity contribution in [2.45, 2.75) is 27.2 Å². The summed E-state index contributed by atoms with van der Waals surface area (Å²) in [5.41, 5.74) is 7.74. The monoisotopic (exact) mass is 496 g/mol. The number of nitrogens with zero attached hydrogens (tertiary/aromatic N) is 4. The van der Waals surface area contributed by atoms with Gasteiger partial charge in [-0.2, -0.15) is 0 Å². The molecule has 5 nitrogen and oxygen atoms in total. The second-order valence-corrected chi connectivity index (χ2v) is 10.2. The van der Waals surface area contributed by atoms with E-state index in [1.54, 1.807) is 17.3 Å². The van der Waals surface area contributed by atoms with Crippen LogP contribution in [0, 0.1) is 20.8 Å². The zero-order chi connectivity index (χ0) is 24.4. The summed E-state index contributed by atoms with van der Waals surface area (Å²) < 4.78 is 0. The van der Waals surface area contributed by atoms with Gasteiger partial charge in [-0.3, -0.25) is 14.7 Å². The second-order valence-electron chi connectivity index (χ2n) is 8.46. The molecule has 0 atom stereocenters. The van der Waals surface area contributed by atoms with Crippen molar-refractivity contribution in [2.75, 3.05) is 4.90 Å². The number of rotatable bonds is 6. The highest BCUT2D eigenvalue weighted by Crippen LogP contribution is 2.35. The number of carbonyl (C=O) groups excluding carboxylic acids is 1. The Morgan fingerprint density at radius 1 is 0.886 bits per heavy atom. The molecule has 7 heteroatoms. The molecule has 3 heterocycles. The van der Waals surface area contributed by atoms with Crippen molar-refractivity contribution in [3.05, 3.63) is 100 Å². The van der Waals surface area contributed by atoms with Gasteiger partial charge in [0, 0.05) is 34.3 Å². The van der Waals surface area contributed by atoms with Crippen LogP contribution in [-0.2, 0) is 11.2 Å². The molecule has 3 aromatic heterocycles. The maximum atomic E-state index is 13.8. The summed E-state index contributed by atoms with van der Waals surface area (Å²) in [6.45, 7) is 6.12. The van der Waals surface area contributed by atoms with Gasteiger partial charge in [0.25, 0.3) is 0 Å². The summed E-state index contributed by atoms with van der Waals surface area (Å²) in [4.78, 5) is 29.3. The lowest BCUT2D eigenvalue weighted by Crippen LogP contribution is -2.28. The summed E-state index contributed by atoms with van der Waals surface area (Å²) in [6, 6.07) is 18.3. The number of aromatic nitrogens is 3. The highest BCUT2D eigenvalue weighted by atomic mass is 32.1. The van der Waals surface area contributed by atoms with Crippen LogP contribution in [0.25, 0.3) is 21.8 Å². The first-order valence-corrected chi connectivity index (χ1v) is 13.0. The quantitative estimate of drug-likeness (QED) is 0.250. The zero-order valence-corrected chi connectivity index (χ0v) is 21.4. The minimum Gasteiger partial charge on any atom is -0.274 e. The normalized spacial score (nSPS) is 10.9. The van der Waals surface area contributed by atoms with Gasteiger partial charge in [-0.05, 0) is 50.1 Å². The van der Waals surface area contributed by atoms with Crippen LogP contribution in [0.3, 0.4) is 0 Å². The number of pyridine rings is 1. The van der Waals surface area contributed by atoms with Crippen molar-refractivity contribution >= 4 is 39.4 Å². The molecule has 5 rings (SSSR count). The van der Waals surface area contributed by atoms with E-state index >= 15 is 0 Å². The molecule has 0 N–H and O–H groups in total. The molecule has 0 saturated carbocycles. The van der Waals surface area contributed by atoms with Crippen LogP contribution in [0.15, 0.2) is 77.8 Å². The Kier molecular flexibility index (Phi) is 6.53. The summed E-state index contributed by atoms with van der Waals surface area (Å²) in [6.07, 6.45) is 3.71. The van der Waals surface area contributed by atoms with Gasteiger partial charge >= 0.3 is 0 Å². The van der Waals surface area contributed by atoms with Crippen molar-refractivity contribution < 1.29 is 4.79 Å². The smallest absolute Gasteiger partial charge is 0.239 e. The molecule has 35 heavy (non-hydrogen) atoms. The Labute approximate surface area is 212 Å². The van der Waals surface area contributed by atoms with Crippen molar-refractivity contribution in [3.8, 4) is 21.8 Å². The lowest BCUT2D eigenvalue weighted by molar-refractivity contribution is -0.117. The summed E-state index contributed by atoms with van der Waals surface area (Å²) in [5, 5.41) is 5.47. The standard InChI is InChI=1S/C28H24N4OS2/c1-18-7-10-21(11-8-18)24-17-35-28(31-24)32(25-13-19(2)6-9-20(25)3)26(33)14-23-16-34-27(30-23)22-5-4-12-29-15-22/h4-13,15-17H,14H2,1-3H3. The van der Waals surface area contributed by atoms with E-state index in [4.69, 9.17) is 9.97 Å². The Bertz CT molecular complexity index is 1470. The third-order valence-corrected chi connectivity index (χ3v) is 7.44. The summed E-state index contributed by atoms with van der Waals surface area (Å²) in [7, 11) is 0. The fraction of sp³-hybridized carbons (Fsp3) is 0.143. The molecule has 1 amide bonds. The minimum absolute atomic E-state index is 0.0634. The molecule has 0 aliphatic heterocycles. The zero-order valence-electron chi connectivity index (χ0n) is 19.7. The molecule has 0 saturated heterocycles. The van der Waals surface area contributed by atoms with Gasteiger partial charge in [-0.1, -0.05) is 42.0 Å². The van der Waals surface area contributed by atoms with E-state index in [1.807, 2.05) is 48.9 Å². The number of aryl methyl sites for hydroxylation is 3. The van der Waals surface area contributed by atoms with Crippen LogP contribution >= 0.6 is 22.7 Å². The highest BCUT2D eigenvalue weighted by molar-refractivity contribution is 7.14. The van der Waals surface area contributed by atoms with E-state index in [2.05, 4.69) is 42.2 Å². The van der Waals surface area contributed by atoms with Crippen molar-refractivity contribution in [1.82, 2.24) is 15.0 Å². The topological polar surface area (TPSA) is 59.0 Å². The first kappa shape index (κ1) is 23.1. The first-order valence-electron chi connectivity index (χ1n) is 11.3. The van der Waals surface area contributed by atoms with E-state index in [0.717, 1.165) is 44.3 Å². The van der Waals surface area contributed by atoms with Crippen LogP contribution in [0.5, 0.6) is 0 Å². The van der Waals surface area contributed by atoms with Gasteiger partial charge in [-0.15, -0.1) is 22.7 Å². The van der Waals surface area contributed by atoms with Crippen LogP contribution < -0.4 is 4.90 Å². The number of carbonyl (C=O) groups is 1. The minimum atomic E-state index is -0.0634. The van der Waals surface area contributed by atoms with Gasteiger partial charge in [-0.25, -0.2) is 9.97 Å². The fourth-order valence-electron chi connectivity index (χ4n) is 3.77. The average Bonchev–Trinajstić information content (AvgIpc) is 3.53. The molecule has 5 aromatic rings. The van der Waals surface area contributed by atoms with E-state index in [-0.39, 0.29) is 12.3 Å². The van der Waals surface area contributed by atoms with E-state index in [1.165, 1.54) is 28.2 Å². The molecule has 2 aromatic carbocycles. The molecule has 174 valence electrons. The molecule has 0 fully saturated rings. The SMILES string of the molecule is Cc1ccc(-c2csc(N(C(=O)Cc3csc(-c4cccnc4)n3)c3cc(C)ccc3C)n2)cc1. The van der Waals surface area contributed by atoms with Crippen LogP contribution in [0.4, 0.5) is 10.8 Å². The van der Waals surface area contributed by atoms with Crippen molar-refractivity contribution in [1.29, 1.82) is 0 Å². The Hall–Kier alpha value is -3.68. The van der Waals surface area contributed by atoms with Crippen molar-refractivity contribution in [2.24, 2.45) is 0 Å². The third kappa shape index (κ3) is 5.06.